The number of hydrogen-bond acceptors (Lipinski definition) is 3. The molecule has 10 heteroatoms. The number of carbonyl (C=O) groups excluding carboxylic acids is 3. The molecule has 0 bridgehead atoms. The van der Waals surface area contributed by atoms with E-state index in [1.54, 1.807) is 17.0 Å². The highest BCUT2D eigenvalue weighted by Gasteiger charge is 2.35. The number of rotatable bonds is 5. The zero-order valence-electron chi connectivity index (χ0n) is 18.1. The van der Waals surface area contributed by atoms with Crippen molar-refractivity contribution in [2.24, 2.45) is 5.92 Å². The Morgan fingerprint density at radius 1 is 0.943 bits per heavy atom. The monoisotopic (exact) mass is 501 g/mol. The Labute approximate surface area is 203 Å². The van der Waals surface area contributed by atoms with Crippen LogP contribution in [0.2, 0.25) is 5.02 Å². The average molecular weight is 502 g/mol. The normalized spacial score (nSPS) is 15.7. The minimum absolute atomic E-state index is 0.0362. The van der Waals surface area contributed by atoms with E-state index < -0.39 is 23.6 Å². The smallest absolute Gasteiger partial charge is 0.326 e. The lowest BCUT2D eigenvalue weighted by Crippen LogP contribution is -2.28. The molecule has 180 valence electrons. The number of hydrogen-bond donors (Lipinski definition) is 2. The molecule has 2 N–H and O–H groups in total. The molecular weight excluding hydrogens is 483 g/mol. The molecule has 6 nitrogen and oxygen atoms in total. The Balaban J connectivity index is 1.38. The average Bonchev–Trinajstić information content (AvgIpc) is 3.22. The van der Waals surface area contributed by atoms with Crippen LogP contribution in [0.4, 0.5) is 30.2 Å². The molecule has 1 aliphatic rings. The Kier molecular flexibility index (Phi) is 6.79. The molecule has 0 saturated carbocycles. The maximum atomic E-state index is 12.9. The number of para-hydroxylation sites is 1. The molecule has 35 heavy (non-hydrogen) atoms. The van der Waals surface area contributed by atoms with Gasteiger partial charge in [-0.1, -0.05) is 29.8 Å². The molecule has 3 aromatic rings. The second-order valence-electron chi connectivity index (χ2n) is 7.95. The van der Waals surface area contributed by atoms with Crippen molar-refractivity contribution >= 4 is 46.4 Å². The molecule has 1 aliphatic heterocycles. The maximum Gasteiger partial charge on any atom is 0.416 e. The summed E-state index contributed by atoms with van der Waals surface area (Å²) in [5.41, 5.74) is 0.185. The van der Waals surface area contributed by atoms with E-state index in [4.69, 9.17) is 11.6 Å². The van der Waals surface area contributed by atoms with Crippen molar-refractivity contribution in [1.82, 2.24) is 0 Å². The number of halogens is 4. The first-order valence-corrected chi connectivity index (χ1v) is 10.9. The molecule has 1 fully saturated rings. The molecule has 1 atom stereocenters. The van der Waals surface area contributed by atoms with Crippen LogP contribution in [0, 0.1) is 5.92 Å². The van der Waals surface area contributed by atoms with Crippen molar-refractivity contribution in [3.05, 3.63) is 88.9 Å². The predicted molar refractivity (Wildman–Crippen MR) is 126 cm³/mol. The SMILES string of the molecule is O=C(Nc1cc(C(F)(F)F)ccc1Cl)c1ccc(NC(=O)C2CC(=O)N(c3ccccc3)C2)cc1. The van der Waals surface area contributed by atoms with Gasteiger partial charge < -0.3 is 15.5 Å². The number of nitrogens with one attached hydrogen (secondary N) is 2. The zero-order chi connectivity index (χ0) is 25.2. The van der Waals surface area contributed by atoms with Gasteiger partial charge in [-0.15, -0.1) is 0 Å². The van der Waals surface area contributed by atoms with E-state index in [1.165, 1.54) is 24.3 Å². The first kappa shape index (κ1) is 24.3. The summed E-state index contributed by atoms with van der Waals surface area (Å²) in [4.78, 5) is 39.1. The van der Waals surface area contributed by atoms with Crippen LogP contribution in [0.1, 0.15) is 22.3 Å². The molecule has 1 unspecified atom stereocenters. The van der Waals surface area contributed by atoms with Gasteiger partial charge in [-0.3, -0.25) is 14.4 Å². The van der Waals surface area contributed by atoms with Gasteiger partial charge in [0.15, 0.2) is 0 Å². The third-order valence-corrected chi connectivity index (χ3v) is 5.85. The lowest BCUT2D eigenvalue weighted by atomic mass is 10.1. The largest absolute Gasteiger partial charge is 0.416 e. The van der Waals surface area contributed by atoms with Gasteiger partial charge in [0.25, 0.3) is 5.91 Å². The summed E-state index contributed by atoms with van der Waals surface area (Å²) in [6.07, 6.45) is -4.50. The minimum Gasteiger partial charge on any atom is -0.326 e. The fraction of sp³-hybridized carbons (Fsp3) is 0.160. The van der Waals surface area contributed by atoms with Gasteiger partial charge in [0.05, 0.1) is 22.2 Å². The molecular formula is C25H19ClF3N3O3. The quantitative estimate of drug-likeness (QED) is 0.477. The van der Waals surface area contributed by atoms with E-state index in [2.05, 4.69) is 10.6 Å². The third-order valence-electron chi connectivity index (χ3n) is 5.52. The summed E-state index contributed by atoms with van der Waals surface area (Å²) in [7, 11) is 0. The molecule has 0 spiro atoms. The third kappa shape index (κ3) is 5.63. The van der Waals surface area contributed by atoms with Crippen LogP contribution in [0.3, 0.4) is 0 Å². The van der Waals surface area contributed by atoms with Gasteiger partial charge in [0, 0.05) is 29.9 Å². The molecule has 0 aliphatic carbocycles. The Morgan fingerprint density at radius 2 is 1.63 bits per heavy atom. The van der Waals surface area contributed by atoms with Crippen LogP contribution in [0.15, 0.2) is 72.8 Å². The van der Waals surface area contributed by atoms with Gasteiger partial charge in [0.2, 0.25) is 11.8 Å². The van der Waals surface area contributed by atoms with Gasteiger partial charge >= 0.3 is 6.18 Å². The van der Waals surface area contributed by atoms with Crippen LogP contribution < -0.4 is 15.5 Å². The molecule has 1 saturated heterocycles. The van der Waals surface area contributed by atoms with Crippen LogP contribution in [-0.2, 0) is 15.8 Å². The first-order chi connectivity index (χ1) is 16.6. The summed E-state index contributed by atoms with van der Waals surface area (Å²) >= 11 is 5.93. The van der Waals surface area contributed by atoms with E-state index in [9.17, 15) is 27.6 Å². The van der Waals surface area contributed by atoms with Crippen molar-refractivity contribution in [3.8, 4) is 0 Å². The Hall–Kier alpha value is -3.85. The standard InChI is InChI=1S/C25H19ClF3N3O3/c26-20-11-8-17(25(27,28)29)13-21(20)31-23(34)15-6-9-18(10-7-15)30-24(35)16-12-22(33)32(14-16)19-4-2-1-3-5-19/h1-11,13,16H,12,14H2,(H,30,35)(H,31,34). The van der Waals surface area contributed by atoms with Crippen LogP contribution in [-0.4, -0.2) is 24.3 Å². The van der Waals surface area contributed by atoms with Crippen LogP contribution in [0.5, 0.6) is 0 Å². The van der Waals surface area contributed by atoms with E-state index in [0.29, 0.717) is 5.69 Å². The van der Waals surface area contributed by atoms with Gasteiger partial charge in [-0.25, -0.2) is 0 Å². The summed E-state index contributed by atoms with van der Waals surface area (Å²) < 4.78 is 38.8. The first-order valence-electron chi connectivity index (χ1n) is 10.6. The second-order valence-corrected chi connectivity index (χ2v) is 8.36. The van der Waals surface area contributed by atoms with E-state index in [0.717, 1.165) is 23.9 Å². The molecule has 3 aromatic carbocycles. The number of anilines is 3. The lowest BCUT2D eigenvalue weighted by molar-refractivity contribution is -0.137. The van der Waals surface area contributed by atoms with Crippen molar-refractivity contribution in [1.29, 1.82) is 0 Å². The molecule has 1 heterocycles. The summed E-state index contributed by atoms with van der Waals surface area (Å²) in [5, 5.41) is 5.06. The zero-order valence-corrected chi connectivity index (χ0v) is 18.9. The summed E-state index contributed by atoms with van der Waals surface area (Å²) in [6.45, 7) is 0.257. The van der Waals surface area contributed by atoms with E-state index >= 15 is 0 Å². The molecule has 3 amide bonds. The number of benzene rings is 3. The van der Waals surface area contributed by atoms with E-state index in [-0.39, 0.29) is 41.1 Å². The molecule has 0 aromatic heterocycles. The fourth-order valence-electron chi connectivity index (χ4n) is 3.68. The van der Waals surface area contributed by atoms with E-state index in [1.807, 2.05) is 18.2 Å². The van der Waals surface area contributed by atoms with Crippen LogP contribution >= 0.6 is 11.6 Å². The van der Waals surface area contributed by atoms with Crippen LogP contribution in [0.25, 0.3) is 0 Å². The summed E-state index contributed by atoms with van der Waals surface area (Å²) in [6, 6.07) is 17.5. The van der Waals surface area contributed by atoms with Gasteiger partial charge in [-0.2, -0.15) is 13.2 Å². The Morgan fingerprint density at radius 3 is 2.29 bits per heavy atom. The highest BCUT2D eigenvalue weighted by atomic mass is 35.5. The van der Waals surface area contributed by atoms with Gasteiger partial charge in [-0.05, 0) is 54.6 Å². The highest BCUT2D eigenvalue weighted by Crippen LogP contribution is 2.34. The second kappa shape index (κ2) is 9.79. The lowest BCUT2D eigenvalue weighted by Gasteiger charge is -2.16. The molecule has 4 rings (SSSR count). The summed E-state index contributed by atoms with van der Waals surface area (Å²) in [5.74, 6) is -1.67. The molecule has 0 radical (unpaired) electrons. The van der Waals surface area contributed by atoms with Crippen molar-refractivity contribution < 1.29 is 27.6 Å². The van der Waals surface area contributed by atoms with Crippen molar-refractivity contribution in [3.63, 3.8) is 0 Å². The number of amides is 3. The Bertz CT molecular complexity index is 1260. The number of nitrogens with zero attached hydrogens (tertiary/aromatic N) is 1. The minimum atomic E-state index is -4.58. The van der Waals surface area contributed by atoms with Crippen molar-refractivity contribution in [2.75, 3.05) is 22.1 Å². The number of alkyl halides is 3. The predicted octanol–water partition coefficient (Wildman–Crippen LogP) is 5.60. The number of carbonyl (C=O) groups is 3. The highest BCUT2D eigenvalue weighted by molar-refractivity contribution is 6.34. The maximum absolute atomic E-state index is 12.9. The van der Waals surface area contributed by atoms with Crippen molar-refractivity contribution in [2.45, 2.75) is 12.6 Å². The fourth-order valence-corrected chi connectivity index (χ4v) is 3.85. The van der Waals surface area contributed by atoms with Gasteiger partial charge in [0.1, 0.15) is 0 Å². The topological polar surface area (TPSA) is 78.5 Å².